The van der Waals surface area contributed by atoms with Gasteiger partial charge >= 0.3 is 6.09 Å². The summed E-state index contributed by atoms with van der Waals surface area (Å²) in [7, 11) is 1.75. The molecule has 2 saturated heterocycles. The van der Waals surface area contributed by atoms with Gasteiger partial charge in [0, 0.05) is 52.1 Å². The van der Waals surface area contributed by atoms with E-state index in [-0.39, 0.29) is 18.1 Å². The zero-order chi connectivity index (χ0) is 21.3. The summed E-state index contributed by atoms with van der Waals surface area (Å²) < 4.78 is 10.5. The van der Waals surface area contributed by atoms with Crippen LogP contribution in [0.1, 0.15) is 25.3 Å². The summed E-state index contributed by atoms with van der Waals surface area (Å²) in [6, 6.07) is 7.75. The number of nitrogens with zero attached hydrogens (tertiary/aromatic N) is 3. The number of hydrogen-bond acceptors (Lipinski definition) is 5. The van der Waals surface area contributed by atoms with E-state index in [4.69, 9.17) is 9.47 Å². The molecule has 3 rings (SSSR count). The molecule has 164 valence electrons. The molecule has 0 spiro atoms. The van der Waals surface area contributed by atoms with Gasteiger partial charge in [0.2, 0.25) is 0 Å². The maximum Gasteiger partial charge on any atom is 0.409 e. The van der Waals surface area contributed by atoms with Crippen LogP contribution in [0.5, 0.6) is 0 Å². The number of rotatable bonds is 5. The number of nitrogens with one attached hydrogen (secondary N) is 2. The Balaban J connectivity index is 1.49. The van der Waals surface area contributed by atoms with E-state index in [9.17, 15) is 9.59 Å². The van der Waals surface area contributed by atoms with Gasteiger partial charge < -0.3 is 29.9 Å². The molecule has 2 aliphatic heterocycles. The number of anilines is 1. The van der Waals surface area contributed by atoms with Crippen molar-refractivity contribution in [3.63, 3.8) is 0 Å². The minimum absolute atomic E-state index is 0.0899. The van der Waals surface area contributed by atoms with Crippen LogP contribution in [0.4, 0.5) is 10.5 Å². The number of benzene rings is 1. The summed E-state index contributed by atoms with van der Waals surface area (Å²) >= 11 is 0. The molecule has 9 nitrogen and oxygen atoms in total. The molecule has 2 N–H and O–H groups in total. The molecule has 0 saturated carbocycles. The molecular weight excluding hydrogens is 386 g/mol. The van der Waals surface area contributed by atoms with Gasteiger partial charge in [0.25, 0.3) is 5.91 Å². The highest BCUT2D eigenvalue weighted by atomic mass is 16.6. The lowest BCUT2D eigenvalue weighted by Crippen LogP contribution is -2.53. The number of piperazine rings is 1. The quantitative estimate of drug-likeness (QED) is 0.559. The molecule has 2 heterocycles. The second-order valence-corrected chi connectivity index (χ2v) is 7.27. The number of hydrogen-bond donors (Lipinski definition) is 2. The predicted octanol–water partition coefficient (Wildman–Crippen LogP) is 1.65. The first-order chi connectivity index (χ1) is 14.6. The van der Waals surface area contributed by atoms with Gasteiger partial charge in [0.1, 0.15) is 6.10 Å². The molecule has 1 aromatic rings. The van der Waals surface area contributed by atoms with E-state index in [0.717, 1.165) is 30.1 Å². The van der Waals surface area contributed by atoms with Crippen molar-refractivity contribution in [2.24, 2.45) is 4.99 Å². The molecule has 1 unspecified atom stereocenters. The molecule has 2 amide bonds. The topological polar surface area (TPSA) is 95.5 Å². The Morgan fingerprint density at radius 3 is 2.67 bits per heavy atom. The molecule has 9 heteroatoms. The third kappa shape index (κ3) is 5.85. The van der Waals surface area contributed by atoms with Gasteiger partial charge in [-0.05, 0) is 37.5 Å². The Morgan fingerprint density at radius 1 is 1.23 bits per heavy atom. The van der Waals surface area contributed by atoms with E-state index in [1.54, 1.807) is 11.9 Å². The van der Waals surface area contributed by atoms with Gasteiger partial charge in [0.05, 0.1) is 6.61 Å². The lowest BCUT2D eigenvalue weighted by atomic mass is 10.2. The van der Waals surface area contributed by atoms with Gasteiger partial charge in [-0.2, -0.15) is 0 Å². The lowest BCUT2D eigenvalue weighted by Gasteiger charge is -2.35. The van der Waals surface area contributed by atoms with Crippen LogP contribution in [0, 0.1) is 0 Å². The summed E-state index contributed by atoms with van der Waals surface area (Å²) in [5.41, 5.74) is 1.79. The molecule has 0 aliphatic carbocycles. The highest BCUT2D eigenvalue weighted by Crippen LogP contribution is 2.16. The van der Waals surface area contributed by atoms with E-state index in [0.29, 0.717) is 45.9 Å². The molecule has 0 aromatic heterocycles. The zero-order valence-electron chi connectivity index (χ0n) is 17.7. The van der Waals surface area contributed by atoms with Crippen LogP contribution in [-0.2, 0) is 20.8 Å². The van der Waals surface area contributed by atoms with E-state index < -0.39 is 0 Å². The molecular formula is C21H31N5O4. The molecule has 30 heavy (non-hydrogen) atoms. The molecule has 1 aromatic carbocycles. The molecule has 0 bridgehead atoms. The monoisotopic (exact) mass is 417 g/mol. The van der Waals surface area contributed by atoms with Crippen molar-refractivity contribution in [1.82, 2.24) is 15.1 Å². The fourth-order valence-corrected chi connectivity index (χ4v) is 3.60. The average Bonchev–Trinajstić information content (AvgIpc) is 3.30. The van der Waals surface area contributed by atoms with E-state index >= 15 is 0 Å². The van der Waals surface area contributed by atoms with Crippen LogP contribution in [-0.4, -0.2) is 80.3 Å². The van der Waals surface area contributed by atoms with Crippen LogP contribution in [0.3, 0.4) is 0 Å². The summed E-state index contributed by atoms with van der Waals surface area (Å²) in [6.45, 7) is 6.00. The first kappa shape index (κ1) is 21.9. The fourth-order valence-electron chi connectivity index (χ4n) is 3.60. The highest BCUT2D eigenvalue weighted by molar-refractivity contribution is 5.94. The number of aliphatic imine (C=N–C) groups is 1. The largest absolute Gasteiger partial charge is 0.450 e. The highest BCUT2D eigenvalue weighted by Gasteiger charge is 2.24. The van der Waals surface area contributed by atoms with Crippen LogP contribution >= 0.6 is 0 Å². The minimum Gasteiger partial charge on any atom is -0.450 e. The number of carbonyl (C=O) groups excluding carboxylic acids is 2. The average molecular weight is 418 g/mol. The first-order valence-electron chi connectivity index (χ1n) is 10.5. The van der Waals surface area contributed by atoms with Gasteiger partial charge in [-0.3, -0.25) is 9.79 Å². The Kier molecular flexibility index (Phi) is 7.89. The van der Waals surface area contributed by atoms with Crippen LogP contribution in [0.15, 0.2) is 29.3 Å². The summed E-state index contributed by atoms with van der Waals surface area (Å²) in [5, 5.41) is 6.30. The third-order valence-electron chi connectivity index (χ3n) is 5.18. The van der Waals surface area contributed by atoms with Crippen molar-refractivity contribution in [3.05, 3.63) is 29.8 Å². The van der Waals surface area contributed by atoms with Crippen molar-refractivity contribution in [2.45, 2.75) is 32.4 Å². The molecule has 2 aliphatic rings. The minimum atomic E-state index is -0.348. The van der Waals surface area contributed by atoms with Gasteiger partial charge in [0.15, 0.2) is 5.96 Å². The van der Waals surface area contributed by atoms with Gasteiger partial charge in [-0.15, -0.1) is 0 Å². The maximum atomic E-state index is 12.2. The van der Waals surface area contributed by atoms with Gasteiger partial charge in [-0.25, -0.2) is 4.79 Å². The van der Waals surface area contributed by atoms with Crippen LogP contribution in [0.2, 0.25) is 0 Å². The van der Waals surface area contributed by atoms with Crippen molar-refractivity contribution < 1.29 is 19.1 Å². The van der Waals surface area contributed by atoms with Crippen LogP contribution < -0.4 is 10.6 Å². The number of guanidine groups is 1. The molecule has 2 fully saturated rings. The molecule has 0 radical (unpaired) electrons. The Labute approximate surface area is 177 Å². The third-order valence-corrected chi connectivity index (χ3v) is 5.18. The molecule has 1 atom stereocenters. The standard InChI is InChI=1S/C21H31N5O4/c1-3-29-21(28)26-11-9-25(10-12-26)20(22-2)23-15-16-6-4-7-17(14-16)24-19(27)18-8-5-13-30-18/h4,6-7,14,18H,3,5,8-13,15H2,1-2H3,(H,22,23)(H,24,27). The van der Waals surface area contributed by atoms with Crippen molar-refractivity contribution in [3.8, 4) is 0 Å². The lowest BCUT2D eigenvalue weighted by molar-refractivity contribution is -0.124. The van der Waals surface area contributed by atoms with Gasteiger partial charge in [-0.1, -0.05) is 12.1 Å². The zero-order valence-corrected chi connectivity index (χ0v) is 17.7. The summed E-state index contributed by atoms with van der Waals surface area (Å²) in [5.74, 6) is 0.695. The van der Waals surface area contributed by atoms with Crippen molar-refractivity contribution >= 4 is 23.6 Å². The van der Waals surface area contributed by atoms with Crippen LogP contribution in [0.25, 0.3) is 0 Å². The number of carbonyl (C=O) groups is 2. The second kappa shape index (κ2) is 10.8. The predicted molar refractivity (Wildman–Crippen MR) is 114 cm³/mol. The summed E-state index contributed by atoms with van der Waals surface area (Å²) in [6.07, 6.45) is 1.09. The first-order valence-corrected chi connectivity index (χ1v) is 10.5. The van der Waals surface area contributed by atoms with Crippen molar-refractivity contribution in [1.29, 1.82) is 0 Å². The van der Waals surface area contributed by atoms with E-state index in [1.807, 2.05) is 31.2 Å². The maximum absolute atomic E-state index is 12.2. The number of ether oxygens (including phenoxy) is 2. The smallest absolute Gasteiger partial charge is 0.409 e. The Bertz CT molecular complexity index is 756. The van der Waals surface area contributed by atoms with Crippen molar-refractivity contribution in [2.75, 3.05) is 51.8 Å². The number of amides is 2. The SMILES string of the molecule is CCOC(=O)N1CCN(C(=NC)NCc2cccc(NC(=O)C3CCCO3)c2)CC1. The summed E-state index contributed by atoms with van der Waals surface area (Å²) in [4.78, 5) is 32.3. The van der Waals surface area contributed by atoms with E-state index in [2.05, 4.69) is 20.5 Å². The van der Waals surface area contributed by atoms with E-state index in [1.165, 1.54) is 0 Å². The Hall–Kier alpha value is -2.81. The normalized spacial score (nSPS) is 19.5. The fraction of sp³-hybridized carbons (Fsp3) is 0.571. The second-order valence-electron chi connectivity index (χ2n) is 7.27. The Morgan fingerprint density at radius 2 is 2.00 bits per heavy atom.